The topological polar surface area (TPSA) is 66.0 Å². The molecule has 0 spiro atoms. The van der Waals surface area contributed by atoms with Gasteiger partial charge in [0.15, 0.2) is 11.5 Å². The van der Waals surface area contributed by atoms with Gasteiger partial charge in [-0.05, 0) is 23.8 Å². The number of halogens is 2. The normalized spacial score (nSPS) is 14.6. The van der Waals surface area contributed by atoms with Crippen molar-refractivity contribution in [3.63, 3.8) is 0 Å². The van der Waals surface area contributed by atoms with Crippen molar-refractivity contribution in [2.75, 3.05) is 0 Å². The van der Waals surface area contributed by atoms with Gasteiger partial charge in [-0.1, -0.05) is 6.07 Å². The molecular formula is C11H4F2N2O2. The van der Waals surface area contributed by atoms with E-state index in [1.165, 1.54) is 24.3 Å². The fraction of sp³-hybridized carbons (Fsp3) is 0.0909. The summed E-state index contributed by atoms with van der Waals surface area (Å²) in [5, 5.41) is 17.1. The lowest BCUT2D eigenvalue weighted by Gasteiger charge is -2.04. The Hall–Kier alpha value is -2.60. The second kappa shape index (κ2) is 3.76. The van der Waals surface area contributed by atoms with E-state index < -0.39 is 6.29 Å². The smallest absolute Gasteiger partial charge is 0.395 e. The van der Waals surface area contributed by atoms with Crippen LogP contribution in [0.15, 0.2) is 23.8 Å². The van der Waals surface area contributed by atoms with E-state index in [1.54, 1.807) is 12.1 Å². The highest BCUT2D eigenvalue weighted by atomic mass is 19.3. The van der Waals surface area contributed by atoms with Gasteiger partial charge in [-0.25, -0.2) is 0 Å². The molecule has 1 aromatic carbocycles. The summed E-state index contributed by atoms with van der Waals surface area (Å²) in [5.74, 6) is -0.207. The summed E-state index contributed by atoms with van der Waals surface area (Å²) < 4.78 is 33.8. The first-order chi connectivity index (χ1) is 8.04. The summed E-state index contributed by atoms with van der Waals surface area (Å²) in [4.78, 5) is 0. The van der Waals surface area contributed by atoms with Crippen LogP contribution in [0.2, 0.25) is 0 Å². The van der Waals surface area contributed by atoms with Crippen LogP contribution in [0.3, 0.4) is 0 Å². The van der Waals surface area contributed by atoms with Crippen LogP contribution in [0.5, 0.6) is 11.5 Å². The van der Waals surface area contributed by atoms with E-state index in [1.807, 2.05) is 0 Å². The average Bonchev–Trinajstić information content (AvgIpc) is 2.58. The van der Waals surface area contributed by atoms with Gasteiger partial charge in [0.25, 0.3) is 0 Å². The van der Waals surface area contributed by atoms with Crippen LogP contribution in [0.1, 0.15) is 5.56 Å². The second-order valence-corrected chi connectivity index (χ2v) is 3.16. The fourth-order valence-electron chi connectivity index (χ4n) is 1.31. The molecule has 1 aromatic rings. The molecule has 0 aromatic heterocycles. The monoisotopic (exact) mass is 234 g/mol. The summed E-state index contributed by atoms with van der Waals surface area (Å²) >= 11 is 0. The molecule has 6 heteroatoms. The van der Waals surface area contributed by atoms with Gasteiger partial charge in [0.2, 0.25) is 0 Å². The molecule has 0 fully saturated rings. The number of nitrogens with zero attached hydrogens (tertiary/aromatic N) is 2. The summed E-state index contributed by atoms with van der Waals surface area (Å²) in [6.07, 6.45) is -2.40. The lowest BCUT2D eigenvalue weighted by molar-refractivity contribution is -0.286. The molecule has 4 nitrogen and oxygen atoms in total. The quantitative estimate of drug-likeness (QED) is 0.700. The van der Waals surface area contributed by atoms with Crippen molar-refractivity contribution >= 4 is 6.08 Å². The Morgan fingerprint density at radius 3 is 2.47 bits per heavy atom. The van der Waals surface area contributed by atoms with E-state index >= 15 is 0 Å². The summed E-state index contributed by atoms with van der Waals surface area (Å²) in [6.45, 7) is 0. The molecule has 0 atom stereocenters. The third-order valence-electron chi connectivity index (χ3n) is 1.98. The molecule has 0 saturated heterocycles. The molecule has 1 heterocycles. The Labute approximate surface area is 94.9 Å². The van der Waals surface area contributed by atoms with Gasteiger partial charge in [0.05, 0.1) is 0 Å². The summed E-state index contributed by atoms with van der Waals surface area (Å²) in [7, 11) is 0. The highest BCUT2D eigenvalue weighted by Gasteiger charge is 2.43. The molecule has 2 rings (SSSR count). The van der Waals surface area contributed by atoms with Gasteiger partial charge < -0.3 is 9.47 Å². The molecule has 0 aliphatic carbocycles. The predicted octanol–water partition coefficient (Wildman–Crippen LogP) is 2.44. The third-order valence-corrected chi connectivity index (χ3v) is 1.98. The lowest BCUT2D eigenvalue weighted by Crippen LogP contribution is -2.25. The Morgan fingerprint density at radius 2 is 1.82 bits per heavy atom. The number of rotatable bonds is 1. The first-order valence-electron chi connectivity index (χ1n) is 4.46. The number of hydrogen-bond acceptors (Lipinski definition) is 4. The Morgan fingerprint density at radius 1 is 1.18 bits per heavy atom. The number of hydrogen-bond donors (Lipinski definition) is 0. The van der Waals surface area contributed by atoms with Gasteiger partial charge >= 0.3 is 6.29 Å². The number of alkyl halides is 2. The standard InChI is InChI=1S/C11H4F2N2O2/c12-11(13)16-9-2-1-7(4-10(9)17-11)3-8(5-14)6-15/h1-4H. The molecule has 0 saturated carbocycles. The maximum absolute atomic E-state index is 12.7. The molecule has 17 heavy (non-hydrogen) atoms. The maximum Gasteiger partial charge on any atom is 0.586 e. The van der Waals surface area contributed by atoms with E-state index in [-0.39, 0.29) is 17.1 Å². The van der Waals surface area contributed by atoms with Crippen LogP contribution in [-0.2, 0) is 0 Å². The van der Waals surface area contributed by atoms with Gasteiger partial charge in [0.1, 0.15) is 17.7 Å². The average molecular weight is 234 g/mol. The molecular weight excluding hydrogens is 230 g/mol. The number of allylic oxidation sites excluding steroid dienone is 1. The highest BCUT2D eigenvalue weighted by Crippen LogP contribution is 2.41. The van der Waals surface area contributed by atoms with Crippen molar-refractivity contribution in [3.8, 4) is 23.6 Å². The Bertz CT molecular complexity index is 566. The van der Waals surface area contributed by atoms with Gasteiger partial charge in [-0.3, -0.25) is 0 Å². The molecule has 84 valence electrons. The summed E-state index contributed by atoms with van der Waals surface area (Å²) in [5.41, 5.74) is 0.277. The molecule has 0 radical (unpaired) electrons. The van der Waals surface area contributed by atoms with E-state index in [4.69, 9.17) is 10.5 Å². The zero-order valence-corrected chi connectivity index (χ0v) is 8.28. The SMILES string of the molecule is N#CC(C#N)=Cc1ccc2c(c1)OC(F)(F)O2. The molecule has 1 aliphatic rings. The van der Waals surface area contributed by atoms with Crippen molar-refractivity contribution in [3.05, 3.63) is 29.3 Å². The molecule has 0 amide bonds. The van der Waals surface area contributed by atoms with Crippen molar-refractivity contribution in [2.24, 2.45) is 0 Å². The van der Waals surface area contributed by atoms with E-state index in [0.29, 0.717) is 5.56 Å². The minimum atomic E-state index is -3.67. The van der Waals surface area contributed by atoms with E-state index in [2.05, 4.69) is 9.47 Å². The van der Waals surface area contributed by atoms with Crippen LogP contribution in [0.4, 0.5) is 8.78 Å². The number of nitriles is 2. The van der Waals surface area contributed by atoms with Crippen molar-refractivity contribution in [1.82, 2.24) is 0 Å². The zero-order chi connectivity index (χ0) is 12.5. The van der Waals surface area contributed by atoms with Crippen molar-refractivity contribution in [1.29, 1.82) is 10.5 Å². The van der Waals surface area contributed by atoms with E-state index in [0.717, 1.165) is 0 Å². The molecule has 0 N–H and O–H groups in total. The molecule has 1 aliphatic heterocycles. The predicted molar refractivity (Wildman–Crippen MR) is 51.8 cm³/mol. The van der Waals surface area contributed by atoms with Gasteiger partial charge in [-0.15, -0.1) is 8.78 Å². The third kappa shape index (κ3) is 2.16. The van der Waals surface area contributed by atoms with Crippen LogP contribution in [-0.4, -0.2) is 6.29 Å². The van der Waals surface area contributed by atoms with Gasteiger partial charge in [0, 0.05) is 0 Å². The Kier molecular flexibility index (Phi) is 2.41. The van der Waals surface area contributed by atoms with Crippen LogP contribution < -0.4 is 9.47 Å². The minimum Gasteiger partial charge on any atom is -0.395 e. The molecule has 0 bridgehead atoms. The van der Waals surface area contributed by atoms with Crippen LogP contribution >= 0.6 is 0 Å². The fourth-order valence-corrected chi connectivity index (χ4v) is 1.31. The number of fused-ring (bicyclic) bond motifs is 1. The summed E-state index contributed by atoms with van der Waals surface area (Å²) in [6, 6.07) is 7.33. The van der Waals surface area contributed by atoms with Crippen LogP contribution in [0, 0.1) is 22.7 Å². The first kappa shape index (κ1) is 10.9. The number of benzene rings is 1. The maximum atomic E-state index is 12.7. The van der Waals surface area contributed by atoms with E-state index in [9.17, 15) is 8.78 Å². The number of ether oxygens (including phenoxy) is 2. The lowest BCUT2D eigenvalue weighted by atomic mass is 10.1. The van der Waals surface area contributed by atoms with Gasteiger partial charge in [-0.2, -0.15) is 10.5 Å². The van der Waals surface area contributed by atoms with Crippen molar-refractivity contribution < 1.29 is 18.3 Å². The minimum absolute atomic E-state index is 0.0809. The zero-order valence-electron chi connectivity index (χ0n) is 8.28. The largest absolute Gasteiger partial charge is 0.586 e. The second-order valence-electron chi connectivity index (χ2n) is 3.16. The first-order valence-corrected chi connectivity index (χ1v) is 4.46. The van der Waals surface area contributed by atoms with Crippen molar-refractivity contribution in [2.45, 2.75) is 6.29 Å². The highest BCUT2D eigenvalue weighted by molar-refractivity contribution is 5.64. The Balaban J connectivity index is 2.36. The van der Waals surface area contributed by atoms with Crippen LogP contribution in [0.25, 0.3) is 6.08 Å². The molecule has 0 unspecified atom stereocenters.